The van der Waals surface area contributed by atoms with Crippen LogP contribution in [0.3, 0.4) is 0 Å². The van der Waals surface area contributed by atoms with Crippen molar-refractivity contribution in [1.29, 1.82) is 0 Å². The van der Waals surface area contributed by atoms with Crippen LogP contribution in [0.1, 0.15) is 55.1 Å². The Labute approximate surface area is 201 Å². The van der Waals surface area contributed by atoms with Crippen LogP contribution in [0.25, 0.3) is 0 Å². The largest absolute Gasteiger partial charge is 0.394 e. The van der Waals surface area contributed by atoms with Crippen molar-refractivity contribution in [2.24, 2.45) is 0 Å². The molecular weight excluding hydrogens is 489 g/mol. The van der Waals surface area contributed by atoms with E-state index in [0.717, 1.165) is 17.6 Å². The van der Waals surface area contributed by atoms with Crippen LogP contribution in [0.5, 0.6) is 0 Å². The van der Waals surface area contributed by atoms with Crippen molar-refractivity contribution in [2.45, 2.75) is 57.2 Å². The number of aromatic nitrogens is 4. The molecular formula is C21H27F3N6O4S. The average Bonchev–Trinajstić information content (AvgIpc) is 3.13. The molecule has 35 heavy (non-hydrogen) atoms. The third-order valence-electron chi connectivity index (χ3n) is 6.13. The summed E-state index contributed by atoms with van der Waals surface area (Å²) < 4.78 is 67.8. The molecule has 1 fully saturated rings. The molecule has 4 heterocycles. The second-order valence-electron chi connectivity index (χ2n) is 8.98. The summed E-state index contributed by atoms with van der Waals surface area (Å²) in [7, 11) is -3.67. The Morgan fingerprint density at radius 2 is 1.94 bits per heavy atom. The third kappa shape index (κ3) is 6.28. The molecule has 14 heteroatoms. The fourth-order valence-electron chi connectivity index (χ4n) is 4.67. The lowest BCUT2D eigenvalue weighted by molar-refractivity contribution is -0.127. The molecule has 10 nitrogen and oxygen atoms in total. The number of anilines is 2. The highest BCUT2D eigenvalue weighted by atomic mass is 32.2. The SMILES string of the molecule is C[C@@H]1CC(=O)Nc2ncnc(N3CCC(c4nc(CC(F)(F)F)cn4CCOS(C)(=O)=O)CC3)c21. The van der Waals surface area contributed by atoms with Gasteiger partial charge in [-0.05, 0) is 18.8 Å². The summed E-state index contributed by atoms with van der Waals surface area (Å²) in [5, 5.41) is 2.79. The predicted octanol–water partition coefficient (Wildman–Crippen LogP) is 2.58. The first-order chi connectivity index (χ1) is 16.4. The molecule has 0 spiro atoms. The Morgan fingerprint density at radius 3 is 2.60 bits per heavy atom. The second kappa shape index (κ2) is 9.72. The maximum atomic E-state index is 13.0. The maximum Gasteiger partial charge on any atom is 0.394 e. The van der Waals surface area contributed by atoms with Crippen molar-refractivity contribution in [3.63, 3.8) is 0 Å². The maximum absolute atomic E-state index is 13.0. The number of carbonyl (C=O) groups excluding carboxylic acids is 1. The van der Waals surface area contributed by atoms with Gasteiger partial charge in [-0.1, -0.05) is 6.92 Å². The highest BCUT2D eigenvalue weighted by molar-refractivity contribution is 7.85. The fraction of sp³-hybridized carbons (Fsp3) is 0.619. The van der Waals surface area contributed by atoms with E-state index in [1.165, 1.54) is 12.5 Å². The molecule has 1 atom stereocenters. The summed E-state index contributed by atoms with van der Waals surface area (Å²) in [6.45, 7) is 3.02. The highest BCUT2D eigenvalue weighted by Crippen LogP contribution is 2.38. The monoisotopic (exact) mass is 516 g/mol. The van der Waals surface area contributed by atoms with Crippen molar-refractivity contribution < 1.29 is 30.6 Å². The molecule has 0 radical (unpaired) electrons. The molecule has 1 N–H and O–H groups in total. The third-order valence-corrected chi connectivity index (χ3v) is 6.73. The number of hydrogen-bond acceptors (Lipinski definition) is 8. The van der Waals surface area contributed by atoms with Gasteiger partial charge in [0.05, 0.1) is 25.0 Å². The molecule has 2 aromatic rings. The van der Waals surface area contributed by atoms with Crippen LogP contribution < -0.4 is 10.2 Å². The Bertz CT molecular complexity index is 1190. The summed E-state index contributed by atoms with van der Waals surface area (Å²) in [4.78, 5) is 26.9. The molecule has 2 aliphatic heterocycles. The zero-order valence-corrected chi connectivity index (χ0v) is 20.2. The van der Waals surface area contributed by atoms with Crippen LogP contribution >= 0.6 is 0 Å². The number of imidazole rings is 1. The van der Waals surface area contributed by atoms with Gasteiger partial charge in [0.1, 0.15) is 23.8 Å². The number of nitrogens with zero attached hydrogens (tertiary/aromatic N) is 5. The standard InChI is InChI=1S/C21H27F3N6O4S/c1-13-9-16(31)28-18-17(13)20(26-12-25-18)29-5-3-14(4-6-29)19-27-15(10-21(22,23)24)11-30(19)7-8-34-35(2,32)33/h11-14H,3-10H2,1-2H3,(H,25,26,28,31)/t13-/m1/s1. The lowest BCUT2D eigenvalue weighted by atomic mass is 9.92. The molecule has 192 valence electrons. The van der Waals surface area contributed by atoms with E-state index >= 15 is 0 Å². The molecule has 1 amide bonds. The number of piperidine rings is 1. The molecule has 0 aliphatic carbocycles. The average molecular weight is 517 g/mol. The van der Waals surface area contributed by atoms with Gasteiger partial charge in [-0.15, -0.1) is 0 Å². The molecule has 0 aromatic carbocycles. The predicted molar refractivity (Wildman–Crippen MR) is 121 cm³/mol. The van der Waals surface area contributed by atoms with E-state index in [-0.39, 0.29) is 36.6 Å². The molecule has 0 saturated carbocycles. The minimum Gasteiger partial charge on any atom is -0.356 e. The molecule has 0 unspecified atom stereocenters. The van der Waals surface area contributed by atoms with E-state index in [1.54, 1.807) is 4.57 Å². The van der Waals surface area contributed by atoms with Crippen molar-refractivity contribution in [3.8, 4) is 0 Å². The zero-order chi connectivity index (χ0) is 25.4. The van der Waals surface area contributed by atoms with Gasteiger partial charge < -0.3 is 14.8 Å². The molecule has 2 aliphatic rings. The van der Waals surface area contributed by atoms with Crippen LogP contribution in [-0.4, -0.2) is 66.0 Å². The van der Waals surface area contributed by atoms with E-state index in [2.05, 4.69) is 25.2 Å². The van der Waals surface area contributed by atoms with Crippen molar-refractivity contribution in [3.05, 3.63) is 29.6 Å². The first-order valence-corrected chi connectivity index (χ1v) is 13.1. The summed E-state index contributed by atoms with van der Waals surface area (Å²) in [5.74, 6) is 1.52. The van der Waals surface area contributed by atoms with Crippen molar-refractivity contribution in [1.82, 2.24) is 19.5 Å². The first kappa shape index (κ1) is 25.4. The zero-order valence-electron chi connectivity index (χ0n) is 19.4. The van der Waals surface area contributed by atoms with E-state index in [9.17, 15) is 26.4 Å². The Kier molecular flexibility index (Phi) is 7.04. The van der Waals surface area contributed by atoms with Crippen LogP contribution in [0, 0.1) is 0 Å². The van der Waals surface area contributed by atoms with Crippen LogP contribution in [-0.2, 0) is 32.1 Å². The first-order valence-electron chi connectivity index (χ1n) is 11.3. The Balaban J connectivity index is 1.51. The Morgan fingerprint density at radius 1 is 1.23 bits per heavy atom. The lowest BCUT2D eigenvalue weighted by Crippen LogP contribution is -2.36. The number of nitrogens with one attached hydrogen (secondary N) is 1. The van der Waals surface area contributed by atoms with Crippen molar-refractivity contribution in [2.75, 3.05) is 36.2 Å². The van der Waals surface area contributed by atoms with Crippen molar-refractivity contribution >= 4 is 27.7 Å². The molecule has 4 rings (SSSR count). The van der Waals surface area contributed by atoms with Gasteiger partial charge >= 0.3 is 6.18 Å². The number of fused-ring (bicyclic) bond motifs is 1. The number of rotatable bonds is 7. The fourth-order valence-corrected chi connectivity index (χ4v) is 5.05. The van der Waals surface area contributed by atoms with E-state index in [4.69, 9.17) is 4.18 Å². The molecule has 1 saturated heterocycles. The second-order valence-corrected chi connectivity index (χ2v) is 10.6. The van der Waals surface area contributed by atoms with Gasteiger partial charge in [0.15, 0.2) is 0 Å². The van der Waals surface area contributed by atoms with E-state index in [1.807, 2.05) is 6.92 Å². The van der Waals surface area contributed by atoms with Gasteiger partial charge in [-0.2, -0.15) is 21.6 Å². The van der Waals surface area contributed by atoms with Crippen LogP contribution in [0.2, 0.25) is 0 Å². The van der Waals surface area contributed by atoms with Gasteiger partial charge in [0, 0.05) is 43.7 Å². The molecule has 0 bridgehead atoms. The van der Waals surface area contributed by atoms with E-state index in [0.29, 0.717) is 44.0 Å². The van der Waals surface area contributed by atoms with Crippen LogP contribution in [0.15, 0.2) is 12.5 Å². The number of halogens is 3. The summed E-state index contributed by atoms with van der Waals surface area (Å²) in [5.41, 5.74) is 0.779. The topological polar surface area (TPSA) is 119 Å². The van der Waals surface area contributed by atoms with Gasteiger partial charge in [-0.3, -0.25) is 8.98 Å². The number of hydrogen-bond donors (Lipinski definition) is 1. The summed E-state index contributed by atoms with van der Waals surface area (Å²) in [6, 6.07) is 0. The minimum atomic E-state index is -4.40. The number of amides is 1. The number of carbonyl (C=O) groups is 1. The number of alkyl halides is 3. The van der Waals surface area contributed by atoms with Gasteiger partial charge in [-0.25, -0.2) is 15.0 Å². The quantitative estimate of drug-likeness (QED) is 0.558. The minimum absolute atomic E-state index is 0.0358. The highest BCUT2D eigenvalue weighted by Gasteiger charge is 2.33. The lowest BCUT2D eigenvalue weighted by Gasteiger charge is -2.35. The molecule has 2 aromatic heterocycles. The summed E-state index contributed by atoms with van der Waals surface area (Å²) in [6.07, 6.45) is -0.313. The van der Waals surface area contributed by atoms with Crippen LogP contribution in [0.4, 0.5) is 24.8 Å². The van der Waals surface area contributed by atoms with E-state index < -0.39 is 22.7 Å². The van der Waals surface area contributed by atoms with Gasteiger partial charge in [0.25, 0.3) is 10.1 Å². The Hall–Kier alpha value is -2.74. The normalized spacial score (nSPS) is 19.5. The smallest absolute Gasteiger partial charge is 0.356 e. The summed E-state index contributed by atoms with van der Waals surface area (Å²) >= 11 is 0. The van der Waals surface area contributed by atoms with Gasteiger partial charge in [0.2, 0.25) is 5.91 Å².